The van der Waals surface area contributed by atoms with Gasteiger partial charge < -0.3 is 0 Å². The van der Waals surface area contributed by atoms with E-state index in [0.29, 0.717) is 0 Å². The Bertz CT molecular complexity index is 322. The Morgan fingerprint density at radius 2 is 1.50 bits per heavy atom. The van der Waals surface area contributed by atoms with Gasteiger partial charge in [0.15, 0.2) is 0 Å². The molecule has 76 valence electrons. The second kappa shape index (κ2) is 3.95. The monoisotopic (exact) mass is 189 g/mol. The van der Waals surface area contributed by atoms with E-state index < -0.39 is 0 Å². The molecule has 0 heterocycles. The summed E-state index contributed by atoms with van der Waals surface area (Å²) in [6.07, 6.45) is 1.96. The zero-order valence-electron chi connectivity index (χ0n) is 9.76. The van der Waals surface area contributed by atoms with Crippen LogP contribution in [0.1, 0.15) is 37.5 Å². The SMILES string of the molecule is Cc1cc(C)cc(C=NC(C)(C)C)c1. The number of aryl methyl sites for hydroxylation is 2. The predicted octanol–water partition coefficient (Wildman–Crippen LogP) is 3.52. The standard InChI is InChI=1S/C13H19N/c1-10-6-11(2)8-12(7-10)9-14-13(3,4)5/h6-9H,1-5H3. The molecule has 0 saturated heterocycles. The van der Waals surface area contributed by atoms with Crippen LogP contribution in [0.25, 0.3) is 0 Å². The van der Waals surface area contributed by atoms with Crippen LogP contribution in [0.5, 0.6) is 0 Å². The minimum absolute atomic E-state index is 0.0116. The van der Waals surface area contributed by atoms with Gasteiger partial charge in [0.05, 0.1) is 5.54 Å². The van der Waals surface area contributed by atoms with Crippen molar-refractivity contribution in [2.24, 2.45) is 4.99 Å². The highest BCUT2D eigenvalue weighted by Crippen LogP contribution is 2.10. The van der Waals surface area contributed by atoms with Crippen molar-refractivity contribution in [3.05, 3.63) is 34.9 Å². The van der Waals surface area contributed by atoms with Crippen LogP contribution in [-0.4, -0.2) is 11.8 Å². The van der Waals surface area contributed by atoms with Gasteiger partial charge in [-0.05, 0) is 40.2 Å². The Hall–Kier alpha value is -1.11. The molecule has 0 amide bonds. The maximum atomic E-state index is 4.48. The van der Waals surface area contributed by atoms with E-state index in [1.807, 2.05) is 6.21 Å². The summed E-state index contributed by atoms with van der Waals surface area (Å²) in [4.78, 5) is 4.48. The maximum absolute atomic E-state index is 4.48. The van der Waals surface area contributed by atoms with Crippen molar-refractivity contribution in [3.63, 3.8) is 0 Å². The average molecular weight is 189 g/mol. The van der Waals surface area contributed by atoms with Crippen LogP contribution in [0.2, 0.25) is 0 Å². The highest BCUT2D eigenvalue weighted by atomic mass is 14.8. The van der Waals surface area contributed by atoms with Crippen LogP contribution in [-0.2, 0) is 0 Å². The quantitative estimate of drug-likeness (QED) is 0.599. The molecule has 0 radical (unpaired) electrons. The molecule has 0 aliphatic carbocycles. The third-order valence-electron chi connectivity index (χ3n) is 1.84. The molecule has 0 atom stereocenters. The molecule has 0 unspecified atom stereocenters. The fraction of sp³-hybridized carbons (Fsp3) is 0.462. The molecular formula is C13H19N. The summed E-state index contributed by atoms with van der Waals surface area (Å²) in [6, 6.07) is 6.49. The highest BCUT2D eigenvalue weighted by molar-refractivity contribution is 5.80. The largest absolute Gasteiger partial charge is 0.287 e. The first kappa shape index (κ1) is 11.0. The van der Waals surface area contributed by atoms with Crippen molar-refractivity contribution in [1.82, 2.24) is 0 Å². The molecule has 14 heavy (non-hydrogen) atoms. The molecule has 0 aliphatic heterocycles. The first-order chi connectivity index (χ1) is 6.37. The van der Waals surface area contributed by atoms with Crippen molar-refractivity contribution < 1.29 is 0 Å². The van der Waals surface area contributed by atoms with Gasteiger partial charge in [0.2, 0.25) is 0 Å². The molecule has 0 bridgehead atoms. The van der Waals surface area contributed by atoms with E-state index in [9.17, 15) is 0 Å². The average Bonchev–Trinajstić information content (AvgIpc) is 1.97. The van der Waals surface area contributed by atoms with E-state index >= 15 is 0 Å². The van der Waals surface area contributed by atoms with Crippen LogP contribution in [0.3, 0.4) is 0 Å². The molecule has 0 N–H and O–H groups in total. The fourth-order valence-electron chi connectivity index (χ4n) is 1.35. The number of hydrogen-bond acceptors (Lipinski definition) is 1. The van der Waals surface area contributed by atoms with Crippen molar-refractivity contribution >= 4 is 6.21 Å². The van der Waals surface area contributed by atoms with E-state index in [0.717, 1.165) is 0 Å². The minimum atomic E-state index is 0.0116. The summed E-state index contributed by atoms with van der Waals surface area (Å²) in [5.74, 6) is 0. The zero-order chi connectivity index (χ0) is 10.8. The molecule has 1 aromatic carbocycles. The lowest BCUT2D eigenvalue weighted by atomic mass is 10.1. The molecule has 1 nitrogen and oxygen atoms in total. The van der Waals surface area contributed by atoms with Crippen LogP contribution in [0, 0.1) is 13.8 Å². The molecule has 1 heteroatoms. The molecule has 1 rings (SSSR count). The van der Waals surface area contributed by atoms with Gasteiger partial charge in [-0.1, -0.05) is 29.3 Å². The third kappa shape index (κ3) is 3.73. The smallest absolute Gasteiger partial charge is 0.0524 e. The molecule has 1 aromatic rings. The Labute approximate surface area is 86.9 Å². The molecule has 0 saturated carbocycles. The maximum Gasteiger partial charge on any atom is 0.0524 e. The van der Waals surface area contributed by atoms with Gasteiger partial charge >= 0.3 is 0 Å². The van der Waals surface area contributed by atoms with Gasteiger partial charge in [-0.3, -0.25) is 4.99 Å². The fourth-order valence-corrected chi connectivity index (χ4v) is 1.35. The number of rotatable bonds is 1. The van der Waals surface area contributed by atoms with Crippen LogP contribution >= 0.6 is 0 Å². The lowest BCUT2D eigenvalue weighted by Crippen LogP contribution is -2.09. The Kier molecular flexibility index (Phi) is 3.10. The van der Waals surface area contributed by atoms with Crippen LogP contribution in [0.4, 0.5) is 0 Å². The summed E-state index contributed by atoms with van der Waals surface area (Å²) in [5, 5.41) is 0. The first-order valence-electron chi connectivity index (χ1n) is 5.00. The van der Waals surface area contributed by atoms with E-state index in [-0.39, 0.29) is 5.54 Å². The van der Waals surface area contributed by atoms with Crippen molar-refractivity contribution in [1.29, 1.82) is 0 Å². The van der Waals surface area contributed by atoms with Gasteiger partial charge in [0.25, 0.3) is 0 Å². The van der Waals surface area contributed by atoms with Crippen molar-refractivity contribution in [3.8, 4) is 0 Å². The lowest BCUT2D eigenvalue weighted by Gasteiger charge is -2.11. The summed E-state index contributed by atoms with van der Waals surface area (Å²) < 4.78 is 0. The number of aliphatic imine (C=N–C) groups is 1. The van der Waals surface area contributed by atoms with Crippen LogP contribution < -0.4 is 0 Å². The topological polar surface area (TPSA) is 12.4 Å². The Balaban J connectivity index is 2.92. The predicted molar refractivity (Wildman–Crippen MR) is 63.3 cm³/mol. The Morgan fingerprint density at radius 1 is 1.00 bits per heavy atom. The molecule has 0 aliphatic rings. The minimum Gasteiger partial charge on any atom is -0.287 e. The number of nitrogens with zero attached hydrogens (tertiary/aromatic N) is 1. The number of hydrogen-bond donors (Lipinski definition) is 0. The Morgan fingerprint density at radius 3 is 1.93 bits per heavy atom. The second-order valence-electron chi connectivity index (χ2n) is 4.85. The summed E-state index contributed by atoms with van der Waals surface area (Å²) >= 11 is 0. The van der Waals surface area contributed by atoms with E-state index in [1.165, 1.54) is 16.7 Å². The normalized spacial score (nSPS) is 12.4. The zero-order valence-corrected chi connectivity index (χ0v) is 9.76. The van der Waals surface area contributed by atoms with Crippen molar-refractivity contribution in [2.45, 2.75) is 40.2 Å². The van der Waals surface area contributed by atoms with Crippen LogP contribution in [0.15, 0.2) is 23.2 Å². The van der Waals surface area contributed by atoms with Gasteiger partial charge in [-0.15, -0.1) is 0 Å². The lowest BCUT2D eigenvalue weighted by molar-refractivity contribution is 0.586. The molecular weight excluding hydrogens is 170 g/mol. The van der Waals surface area contributed by atoms with Gasteiger partial charge in [0.1, 0.15) is 0 Å². The van der Waals surface area contributed by atoms with E-state index in [2.05, 4.69) is 57.8 Å². The molecule has 0 fully saturated rings. The van der Waals surface area contributed by atoms with Gasteiger partial charge in [0, 0.05) is 6.21 Å². The summed E-state index contributed by atoms with van der Waals surface area (Å²) in [6.45, 7) is 10.5. The molecule has 0 spiro atoms. The molecule has 0 aromatic heterocycles. The van der Waals surface area contributed by atoms with E-state index in [1.54, 1.807) is 0 Å². The summed E-state index contributed by atoms with van der Waals surface area (Å²) in [5.41, 5.74) is 3.79. The summed E-state index contributed by atoms with van der Waals surface area (Å²) in [7, 11) is 0. The number of benzene rings is 1. The van der Waals surface area contributed by atoms with Gasteiger partial charge in [-0.25, -0.2) is 0 Å². The van der Waals surface area contributed by atoms with Gasteiger partial charge in [-0.2, -0.15) is 0 Å². The second-order valence-corrected chi connectivity index (χ2v) is 4.85. The van der Waals surface area contributed by atoms with E-state index in [4.69, 9.17) is 0 Å². The first-order valence-corrected chi connectivity index (χ1v) is 5.00. The van der Waals surface area contributed by atoms with Crippen molar-refractivity contribution in [2.75, 3.05) is 0 Å². The highest BCUT2D eigenvalue weighted by Gasteiger charge is 2.04. The third-order valence-corrected chi connectivity index (χ3v) is 1.84.